The molecule has 2 nitrogen and oxygen atoms in total. The third-order valence-corrected chi connectivity index (χ3v) is 10.2. The van der Waals surface area contributed by atoms with Gasteiger partial charge in [-0.3, -0.25) is 0 Å². The summed E-state index contributed by atoms with van der Waals surface area (Å²) in [5, 5.41) is 19.5. The average molecular weight is 481 g/mol. The zero-order valence-corrected chi connectivity index (χ0v) is 21.6. The molecule has 0 aliphatic heterocycles. The Morgan fingerprint density at radius 1 is 0.906 bits per heavy atom. The summed E-state index contributed by atoms with van der Waals surface area (Å²) >= 11 is 0. The fourth-order valence-corrected chi connectivity index (χ4v) is 8.54. The van der Waals surface area contributed by atoms with Gasteiger partial charge in [0.15, 0.2) is 0 Å². The van der Waals surface area contributed by atoms with Gasteiger partial charge in [-0.25, -0.2) is 0 Å². The number of aliphatic hydroxyl groups excluding tert-OH is 2. The van der Waals surface area contributed by atoms with Crippen molar-refractivity contribution < 1.29 is 23.4 Å². The van der Waals surface area contributed by atoms with E-state index in [1.54, 1.807) is 0 Å². The van der Waals surface area contributed by atoms with Crippen molar-refractivity contribution in [2.75, 3.05) is 0 Å². The Balaban J connectivity index is 0.00000118. The van der Waals surface area contributed by atoms with Crippen LogP contribution in [0.25, 0.3) is 0 Å². The van der Waals surface area contributed by atoms with Crippen molar-refractivity contribution in [3.8, 4) is 0 Å². The van der Waals surface area contributed by atoms with Gasteiger partial charge >= 0.3 is 6.18 Å². The molecule has 0 heterocycles. The summed E-state index contributed by atoms with van der Waals surface area (Å²) in [7, 11) is 0. The van der Waals surface area contributed by atoms with Crippen LogP contribution in [-0.4, -0.2) is 28.6 Å². The SMILES string of the molecule is CC.C[C@]12CC[C@H](O)CC1CC[C@@H]1C2CC[C@@]2(C)C1CC[C@@H]2CCCC(O)C(F)(F)F.S. The molecule has 190 valence electrons. The Labute approximate surface area is 200 Å². The molecular formula is C26H47F3O2S. The van der Waals surface area contributed by atoms with Crippen molar-refractivity contribution in [3.63, 3.8) is 0 Å². The summed E-state index contributed by atoms with van der Waals surface area (Å²) < 4.78 is 37.8. The summed E-state index contributed by atoms with van der Waals surface area (Å²) in [6, 6.07) is 0. The van der Waals surface area contributed by atoms with Gasteiger partial charge < -0.3 is 10.2 Å². The summed E-state index contributed by atoms with van der Waals surface area (Å²) in [5.74, 6) is 3.41. The van der Waals surface area contributed by atoms with E-state index in [4.69, 9.17) is 0 Å². The molecule has 32 heavy (non-hydrogen) atoms. The zero-order valence-electron chi connectivity index (χ0n) is 20.6. The lowest BCUT2D eigenvalue weighted by molar-refractivity contribution is -0.205. The molecule has 0 aromatic rings. The lowest BCUT2D eigenvalue weighted by atomic mass is 9.44. The first-order valence-electron chi connectivity index (χ1n) is 13.0. The molecule has 6 heteroatoms. The monoisotopic (exact) mass is 480 g/mol. The maximum atomic E-state index is 12.6. The van der Waals surface area contributed by atoms with E-state index >= 15 is 0 Å². The van der Waals surface area contributed by atoms with Crippen LogP contribution in [0, 0.1) is 40.4 Å². The zero-order chi connectivity index (χ0) is 23.0. The first kappa shape index (κ1) is 28.3. The summed E-state index contributed by atoms with van der Waals surface area (Å²) in [6.07, 6.45) is 4.80. The molecule has 0 saturated heterocycles. The molecule has 0 aromatic carbocycles. The van der Waals surface area contributed by atoms with E-state index in [1.165, 1.54) is 32.1 Å². The molecule has 0 aromatic heterocycles. The second-order valence-electron chi connectivity index (χ2n) is 11.4. The molecule has 0 radical (unpaired) electrons. The van der Waals surface area contributed by atoms with Crippen LogP contribution in [0.5, 0.6) is 0 Å². The van der Waals surface area contributed by atoms with Crippen LogP contribution in [0.2, 0.25) is 0 Å². The molecule has 0 bridgehead atoms. The van der Waals surface area contributed by atoms with Gasteiger partial charge in [-0.1, -0.05) is 34.1 Å². The molecule has 9 atom stereocenters. The topological polar surface area (TPSA) is 40.5 Å². The van der Waals surface area contributed by atoms with Crippen LogP contribution in [0.15, 0.2) is 0 Å². The van der Waals surface area contributed by atoms with E-state index in [2.05, 4.69) is 13.8 Å². The van der Waals surface area contributed by atoms with E-state index < -0.39 is 12.3 Å². The molecule has 4 rings (SSSR count). The quantitative estimate of drug-likeness (QED) is 0.445. The third-order valence-electron chi connectivity index (χ3n) is 10.2. The highest BCUT2D eigenvalue weighted by atomic mass is 32.1. The molecule has 4 saturated carbocycles. The summed E-state index contributed by atoms with van der Waals surface area (Å²) in [4.78, 5) is 0. The molecule has 0 spiro atoms. The molecule has 4 aliphatic carbocycles. The van der Waals surface area contributed by atoms with Gasteiger partial charge in [0.1, 0.15) is 6.10 Å². The highest BCUT2D eigenvalue weighted by molar-refractivity contribution is 7.59. The second-order valence-corrected chi connectivity index (χ2v) is 11.4. The normalized spacial score (nSPS) is 44.2. The lowest BCUT2D eigenvalue weighted by Crippen LogP contribution is -2.53. The van der Waals surface area contributed by atoms with Gasteiger partial charge in [-0.2, -0.15) is 26.7 Å². The number of rotatable bonds is 4. The highest BCUT2D eigenvalue weighted by Gasteiger charge is 2.59. The molecular weight excluding hydrogens is 433 g/mol. The predicted molar refractivity (Wildman–Crippen MR) is 129 cm³/mol. The van der Waals surface area contributed by atoms with E-state index in [1.807, 2.05) is 13.8 Å². The number of halogens is 3. The van der Waals surface area contributed by atoms with Crippen molar-refractivity contribution in [1.82, 2.24) is 0 Å². The molecule has 4 aliphatic rings. The molecule has 4 fully saturated rings. The Morgan fingerprint density at radius 2 is 1.53 bits per heavy atom. The smallest absolute Gasteiger partial charge is 0.393 e. The van der Waals surface area contributed by atoms with Crippen LogP contribution in [0.4, 0.5) is 13.2 Å². The minimum atomic E-state index is -4.48. The van der Waals surface area contributed by atoms with Crippen LogP contribution < -0.4 is 0 Å². The maximum Gasteiger partial charge on any atom is 0.414 e. The van der Waals surface area contributed by atoms with E-state index in [-0.39, 0.29) is 31.4 Å². The highest BCUT2D eigenvalue weighted by Crippen LogP contribution is 2.67. The number of aliphatic hydroxyl groups is 2. The van der Waals surface area contributed by atoms with Gasteiger partial charge in [0.25, 0.3) is 0 Å². The lowest BCUT2D eigenvalue weighted by Gasteiger charge is -2.61. The van der Waals surface area contributed by atoms with E-state index in [9.17, 15) is 23.4 Å². The molecule has 0 amide bonds. The predicted octanol–water partition coefficient (Wildman–Crippen LogP) is 7.24. The first-order valence-corrected chi connectivity index (χ1v) is 13.0. The second kappa shape index (κ2) is 10.8. The first-order chi connectivity index (χ1) is 14.6. The van der Waals surface area contributed by atoms with Gasteiger partial charge in [-0.05, 0) is 111 Å². The maximum absolute atomic E-state index is 12.6. The van der Waals surface area contributed by atoms with Crippen LogP contribution in [0.3, 0.4) is 0 Å². The summed E-state index contributed by atoms with van der Waals surface area (Å²) in [6.45, 7) is 8.92. The third kappa shape index (κ3) is 5.17. The fraction of sp³-hybridized carbons (Fsp3) is 1.00. The van der Waals surface area contributed by atoms with Gasteiger partial charge in [0.2, 0.25) is 0 Å². The Hall–Kier alpha value is 0.0600. The van der Waals surface area contributed by atoms with Crippen molar-refractivity contribution in [3.05, 3.63) is 0 Å². The van der Waals surface area contributed by atoms with Gasteiger partial charge in [0, 0.05) is 0 Å². The molecule has 4 unspecified atom stereocenters. The van der Waals surface area contributed by atoms with Crippen molar-refractivity contribution in [1.29, 1.82) is 0 Å². The van der Waals surface area contributed by atoms with Gasteiger partial charge in [-0.15, -0.1) is 0 Å². The van der Waals surface area contributed by atoms with Crippen LogP contribution in [-0.2, 0) is 0 Å². The van der Waals surface area contributed by atoms with E-state index in [0.717, 1.165) is 43.9 Å². The Morgan fingerprint density at radius 3 is 2.19 bits per heavy atom. The number of alkyl halides is 3. The minimum absolute atomic E-state index is 0. The number of hydrogen-bond donors (Lipinski definition) is 2. The summed E-state index contributed by atoms with van der Waals surface area (Å²) in [5.41, 5.74) is 0.639. The Bertz CT molecular complexity index is 600. The standard InChI is InChI=1S/C24H39F3O2.C2H6.H2S/c1-22-13-11-20-18(8-6-16-14-17(28)10-12-23(16,20)2)19(22)9-7-15(22)4-3-5-21(29)24(25,26)27;1-2;/h15-21,28-29H,3-14H2,1-2H3;1-2H3;1H2/t15-,16?,17-,18-,19?,20?,21?,22+,23-;;/m0../s1. The van der Waals surface area contributed by atoms with Crippen molar-refractivity contribution in [2.45, 2.75) is 123 Å². The number of fused-ring (bicyclic) bond motifs is 5. The van der Waals surface area contributed by atoms with Crippen molar-refractivity contribution >= 4 is 13.5 Å². The number of hydrogen-bond acceptors (Lipinski definition) is 2. The molecule has 2 N–H and O–H groups in total. The largest absolute Gasteiger partial charge is 0.414 e. The van der Waals surface area contributed by atoms with Crippen LogP contribution >= 0.6 is 13.5 Å². The fourth-order valence-electron chi connectivity index (χ4n) is 8.54. The van der Waals surface area contributed by atoms with Crippen molar-refractivity contribution in [2.24, 2.45) is 40.4 Å². The Kier molecular flexibility index (Phi) is 9.52. The van der Waals surface area contributed by atoms with E-state index in [0.29, 0.717) is 29.6 Å². The van der Waals surface area contributed by atoms with Crippen LogP contribution in [0.1, 0.15) is 105 Å². The average Bonchev–Trinajstić information content (AvgIpc) is 3.06. The van der Waals surface area contributed by atoms with Gasteiger partial charge in [0.05, 0.1) is 6.10 Å². The minimum Gasteiger partial charge on any atom is -0.393 e.